The molecule has 3 heterocycles. The zero-order chi connectivity index (χ0) is 19.5. The molecule has 1 fully saturated rings. The Morgan fingerprint density at radius 3 is 2.68 bits per heavy atom. The lowest BCUT2D eigenvalue weighted by atomic mass is 9.88. The highest BCUT2D eigenvalue weighted by Crippen LogP contribution is 2.37. The van der Waals surface area contributed by atoms with E-state index in [-0.39, 0.29) is 0 Å². The Morgan fingerprint density at radius 2 is 1.93 bits per heavy atom. The van der Waals surface area contributed by atoms with Crippen molar-refractivity contribution in [3.63, 3.8) is 0 Å². The van der Waals surface area contributed by atoms with Gasteiger partial charge in [-0.15, -0.1) is 10.2 Å². The van der Waals surface area contributed by atoms with Crippen molar-refractivity contribution in [2.24, 2.45) is 0 Å². The van der Waals surface area contributed by atoms with E-state index in [4.69, 9.17) is 21.1 Å². The van der Waals surface area contributed by atoms with Gasteiger partial charge in [-0.25, -0.2) is 0 Å². The van der Waals surface area contributed by atoms with Gasteiger partial charge in [-0.1, -0.05) is 29.8 Å². The molecule has 7 heteroatoms. The first kappa shape index (κ1) is 19.0. The minimum Gasteiger partial charge on any atom is -0.496 e. The number of fused-ring (bicyclic) bond motifs is 1. The minimum atomic E-state index is 0.428. The fourth-order valence-electron chi connectivity index (χ4n) is 3.93. The Bertz CT molecular complexity index is 951. The summed E-state index contributed by atoms with van der Waals surface area (Å²) in [6, 6.07) is 10.4. The van der Waals surface area contributed by atoms with Gasteiger partial charge in [0.1, 0.15) is 17.4 Å². The number of rotatable bonds is 6. The van der Waals surface area contributed by atoms with Crippen LogP contribution in [0.3, 0.4) is 0 Å². The summed E-state index contributed by atoms with van der Waals surface area (Å²) in [5.41, 5.74) is 2.99. The monoisotopic (exact) mass is 400 g/mol. The lowest BCUT2D eigenvalue weighted by molar-refractivity contribution is 0.127. The lowest BCUT2D eigenvalue weighted by Crippen LogP contribution is -2.33. The fourth-order valence-corrected chi connectivity index (χ4v) is 4.25. The van der Waals surface area contributed by atoms with Gasteiger partial charge in [0.05, 0.1) is 12.8 Å². The molecule has 6 nitrogen and oxygen atoms in total. The molecule has 0 aliphatic carbocycles. The summed E-state index contributed by atoms with van der Waals surface area (Å²) in [7, 11) is 1.74. The molecule has 0 saturated carbocycles. The van der Waals surface area contributed by atoms with Gasteiger partial charge >= 0.3 is 0 Å². The molecule has 0 N–H and O–H groups in total. The molecule has 0 atom stereocenters. The third kappa shape index (κ3) is 3.54. The van der Waals surface area contributed by atoms with Gasteiger partial charge in [-0.05, 0) is 43.4 Å². The Balaban J connectivity index is 1.51. The average Bonchev–Trinajstić information content (AvgIpc) is 3.16. The quantitative estimate of drug-likeness (QED) is 0.617. The largest absolute Gasteiger partial charge is 0.496 e. The highest BCUT2D eigenvalue weighted by molar-refractivity contribution is 6.36. The van der Waals surface area contributed by atoms with Crippen molar-refractivity contribution in [3.8, 4) is 5.75 Å². The number of para-hydroxylation sites is 1. The lowest BCUT2D eigenvalue weighted by Gasteiger charge is -2.34. The van der Waals surface area contributed by atoms with Crippen molar-refractivity contribution in [1.82, 2.24) is 14.6 Å². The van der Waals surface area contributed by atoms with Gasteiger partial charge in [0.25, 0.3) is 0 Å². The molecule has 3 aromatic rings. The number of methoxy groups -OCH3 is 1. The molecule has 1 saturated heterocycles. The van der Waals surface area contributed by atoms with E-state index >= 15 is 0 Å². The highest BCUT2D eigenvalue weighted by Gasteiger charge is 2.25. The molecule has 0 bridgehead atoms. The zero-order valence-corrected chi connectivity index (χ0v) is 17.0. The Labute approximate surface area is 170 Å². The minimum absolute atomic E-state index is 0.428. The van der Waals surface area contributed by atoms with Crippen LogP contribution in [0.4, 0.5) is 5.69 Å². The van der Waals surface area contributed by atoms with Gasteiger partial charge < -0.3 is 14.4 Å². The van der Waals surface area contributed by atoms with Crippen LogP contribution in [-0.4, -0.2) is 41.4 Å². The number of hydrogen-bond acceptors (Lipinski definition) is 5. The van der Waals surface area contributed by atoms with Crippen molar-refractivity contribution >= 4 is 22.9 Å². The van der Waals surface area contributed by atoms with Crippen LogP contribution >= 0.6 is 11.6 Å². The summed E-state index contributed by atoms with van der Waals surface area (Å²) in [5.74, 6) is 2.24. The number of hydrogen-bond donors (Lipinski definition) is 0. The van der Waals surface area contributed by atoms with Crippen LogP contribution in [0.1, 0.15) is 37.1 Å². The normalized spacial score (nSPS) is 15.3. The molecular formula is C21H25ClN4O2. The zero-order valence-electron chi connectivity index (χ0n) is 16.3. The fraction of sp³-hybridized carbons (Fsp3) is 0.429. The number of anilines is 1. The number of nitrogens with zero attached hydrogens (tertiary/aromatic N) is 4. The number of ether oxygens (including phenoxy) is 2. The van der Waals surface area contributed by atoms with Crippen molar-refractivity contribution in [2.75, 3.05) is 31.7 Å². The summed E-state index contributed by atoms with van der Waals surface area (Å²) < 4.78 is 12.9. The van der Waals surface area contributed by atoms with E-state index in [1.807, 2.05) is 29.7 Å². The summed E-state index contributed by atoms with van der Waals surface area (Å²) in [5, 5.41) is 9.14. The Morgan fingerprint density at radius 1 is 1.14 bits per heavy atom. The molecule has 0 unspecified atom stereocenters. The van der Waals surface area contributed by atoms with E-state index in [2.05, 4.69) is 33.3 Å². The first-order valence-electron chi connectivity index (χ1n) is 9.70. The van der Waals surface area contributed by atoms with Crippen LogP contribution in [-0.2, 0) is 11.3 Å². The molecule has 1 aliphatic rings. The van der Waals surface area contributed by atoms with Gasteiger partial charge in [-0.3, -0.25) is 4.40 Å². The second-order valence-corrected chi connectivity index (χ2v) is 7.34. The van der Waals surface area contributed by atoms with Gasteiger partial charge in [0.2, 0.25) is 0 Å². The van der Waals surface area contributed by atoms with Gasteiger partial charge in [0.15, 0.2) is 11.5 Å². The van der Waals surface area contributed by atoms with Crippen molar-refractivity contribution < 1.29 is 9.47 Å². The Hall–Kier alpha value is -2.31. The molecule has 1 aromatic carbocycles. The maximum atomic E-state index is 6.70. The number of halogens is 1. The van der Waals surface area contributed by atoms with E-state index in [1.165, 1.54) is 5.56 Å². The van der Waals surface area contributed by atoms with E-state index in [0.717, 1.165) is 43.2 Å². The smallest absolute Gasteiger partial charge is 0.181 e. The average molecular weight is 401 g/mol. The molecule has 2 aromatic heterocycles. The molecule has 1 aliphatic heterocycles. The third-order valence-corrected chi connectivity index (χ3v) is 5.78. The second-order valence-electron chi connectivity index (χ2n) is 6.97. The topological polar surface area (TPSA) is 51.9 Å². The molecular weight excluding hydrogens is 376 g/mol. The summed E-state index contributed by atoms with van der Waals surface area (Å²) in [4.78, 5) is 2.34. The molecule has 148 valence electrons. The van der Waals surface area contributed by atoms with Crippen LogP contribution in [0.25, 0.3) is 5.65 Å². The highest BCUT2D eigenvalue weighted by atomic mass is 35.5. The van der Waals surface area contributed by atoms with E-state index in [1.54, 1.807) is 7.11 Å². The van der Waals surface area contributed by atoms with Crippen molar-refractivity contribution in [2.45, 2.75) is 32.3 Å². The molecule has 0 radical (unpaired) electrons. The molecule has 0 spiro atoms. The summed E-state index contributed by atoms with van der Waals surface area (Å²) in [6.45, 7) is 4.92. The number of pyridine rings is 1. The summed E-state index contributed by atoms with van der Waals surface area (Å²) >= 11 is 6.70. The van der Waals surface area contributed by atoms with Crippen molar-refractivity contribution in [1.29, 1.82) is 0 Å². The van der Waals surface area contributed by atoms with Crippen molar-refractivity contribution in [3.05, 3.63) is 52.9 Å². The van der Waals surface area contributed by atoms with Crippen LogP contribution < -0.4 is 9.64 Å². The van der Waals surface area contributed by atoms with E-state index < -0.39 is 0 Å². The predicted molar refractivity (Wildman–Crippen MR) is 111 cm³/mol. The maximum Gasteiger partial charge on any atom is 0.181 e. The van der Waals surface area contributed by atoms with Gasteiger partial charge in [0, 0.05) is 25.9 Å². The number of piperidine rings is 1. The first-order chi connectivity index (χ1) is 13.7. The van der Waals surface area contributed by atoms with Crippen LogP contribution in [0, 0.1) is 0 Å². The summed E-state index contributed by atoms with van der Waals surface area (Å²) in [6.07, 6.45) is 4.10. The maximum absolute atomic E-state index is 6.70. The van der Waals surface area contributed by atoms with Crippen LogP contribution in [0.15, 0.2) is 36.5 Å². The molecule has 28 heavy (non-hydrogen) atoms. The standard InChI is InChI=1S/C21H25ClN4O2/c1-3-28-14-19-23-24-21-20(22)17(10-13-26(19)21)25-11-8-15(9-12-25)16-6-4-5-7-18(16)27-2/h4-7,10,13,15H,3,8-9,11-12,14H2,1-2H3. The van der Waals surface area contributed by atoms with Crippen LogP contribution in [0.2, 0.25) is 5.02 Å². The van der Waals surface area contributed by atoms with Crippen LogP contribution in [0.5, 0.6) is 5.75 Å². The second kappa shape index (κ2) is 8.37. The molecule has 0 amide bonds. The van der Waals surface area contributed by atoms with Gasteiger partial charge in [-0.2, -0.15) is 0 Å². The predicted octanol–water partition coefficient (Wildman–Crippen LogP) is 4.31. The van der Waals surface area contributed by atoms with E-state index in [0.29, 0.717) is 29.8 Å². The third-order valence-electron chi connectivity index (χ3n) is 5.42. The number of benzene rings is 1. The number of aromatic nitrogens is 3. The van der Waals surface area contributed by atoms with E-state index in [9.17, 15) is 0 Å². The Kier molecular flexibility index (Phi) is 5.69. The molecule has 4 rings (SSSR count). The SMILES string of the molecule is CCOCc1nnc2c(Cl)c(N3CCC(c4ccccc4OC)CC3)ccn12. The first-order valence-corrected chi connectivity index (χ1v) is 10.1.